The SMILES string of the molecule is CCCCCCCCCC(S)S(=O)(=O)O. The van der Waals surface area contributed by atoms with Crippen molar-refractivity contribution in [1.29, 1.82) is 0 Å². The van der Waals surface area contributed by atoms with E-state index in [1.807, 2.05) is 0 Å². The second-order valence-corrected chi connectivity index (χ2v) is 6.45. The van der Waals surface area contributed by atoms with Crippen LogP contribution in [-0.2, 0) is 10.1 Å². The van der Waals surface area contributed by atoms with Crippen LogP contribution in [0.4, 0.5) is 0 Å². The molecule has 5 heteroatoms. The van der Waals surface area contributed by atoms with E-state index in [1.165, 1.54) is 25.7 Å². The van der Waals surface area contributed by atoms with E-state index in [0.717, 1.165) is 19.3 Å². The van der Waals surface area contributed by atoms with E-state index in [1.54, 1.807) is 0 Å². The third-order valence-electron chi connectivity index (χ3n) is 2.40. The second-order valence-electron chi connectivity index (χ2n) is 3.88. The van der Waals surface area contributed by atoms with E-state index in [4.69, 9.17) is 4.55 Å². The molecule has 1 unspecified atom stereocenters. The third-order valence-corrected chi connectivity index (χ3v) is 4.38. The number of rotatable bonds is 9. The lowest BCUT2D eigenvalue weighted by molar-refractivity contribution is 0.474. The van der Waals surface area contributed by atoms with E-state index in [2.05, 4.69) is 19.6 Å². The molecule has 1 atom stereocenters. The average molecular weight is 254 g/mol. The van der Waals surface area contributed by atoms with Crippen LogP contribution >= 0.6 is 12.6 Å². The zero-order chi connectivity index (χ0) is 11.7. The normalized spacial score (nSPS) is 14.1. The lowest BCUT2D eigenvalue weighted by Gasteiger charge is -2.06. The van der Waals surface area contributed by atoms with Gasteiger partial charge < -0.3 is 0 Å². The molecule has 0 saturated carbocycles. The maximum Gasteiger partial charge on any atom is 0.276 e. The minimum absolute atomic E-state index is 0.440. The summed E-state index contributed by atoms with van der Waals surface area (Å²) in [5.74, 6) is 0. The number of thiol groups is 1. The van der Waals surface area contributed by atoms with Crippen molar-refractivity contribution in [2.45, 2.75) is 62.9 Å². The first kappa shape index (κ1) is 15.3. The lowest BCUT2D eigenvalue weighted by Crippen LogP contribution is -2.13. The third kappa shape index (κ3) is 9.20. The summed E-state index contributed by atoms with van der Waals surface area (Å²) < 4.78 is 29.0. The Morgan fingerprint density at radius 1 is 1.07 bits per heavy atom. The van der Waals surface area contributed by atoms with Gasteiger partial charge in [0.25, 0.3) is 10.1 Å². The van der Waals surface area contributed by atoms with Gasteiger partial charge in [0.1, 0.15) is 4.58 Å². The first-order valence-corrected chi connectivity index (χ1v) is 7.64. The van der Waals surface area contributed by atoms with Crippen molar-refractivity contribution in [3.63, 3.8) is 0 Å². The molecule has 0 amide bonds. The molecule has 0 aliphatic carbocycles. The molecule has 0 fully saturated rings. The Bertz CT molecular complexity index is 237. The van der Waals surface area contributed by atoms with Crippen LogP contribution in [0.1, 0.15) is 58.3 Å². The summed E-state index contributed by atoms with van der Waals surface area (Å²) in [7, 11) is -3.94. The standard InChI is InChI=1S/C10H22O3S2/c1-2-3-4-5-6-7-8-9-10(14)15(11,12)13/h10,14H,2-9H2,1H3,(H,11,12,13). The van der Waals surface area contributed by atoms with Crippen molar-refractivity contribution in [2.75, 3.05) is 0 Å². The number of hydrogen-bond donors (Lipinski definition) is 2. The molecular formula is C10H22O3S2. The van der Waals surface area contributed by atoms with Crippen molar-refractivity contribution < 1.29 is 13.0 Å². The summed E-state index contributed by atoms with van der Waals surface area (Å²) in [6.07, 6.45) is 8.43. The number of unbranched alkanes of at least 4 members (excludes halogenated alkanes) is 6. The van der Waals surface area contributed by atoms with Crippen LogP contribution in [0.2, 0.25) is 0 Å². The molecular weight excluding hydrogens is 232 g/mol. The first-order valence-electron chi connectivity index (χ1n) is 5.63. The maximum absolute atomic E-state index is 10.6. The van der Waals surface area contributed by atoms with Crippen molar-refractivity contribution in [1.82, 2.24) is 0 Å². The minimum atomic E-state index is -3.94. The van der Waals surface area contributed by atoms with Gasteiger partial charge in [-0.2, -0.15) is 21.0 Å². The van der Waals surface area contributed by atoms with Crippen molar-refractivity contribution >= 4 is 22.7 Å². The van der Waals surface area contributed by atoms with Gasteiger partial charge >= 0.3 is 0 Å². The molecule has 0 bridgehead atoms. The van der Waals surface area contributed by atoms with Crippen LogP contribution in [0, 0.1) is 0 Å². The molecule has 0 saturated heterocycles. The van der Waals surface area contributed by atoms with Crippen LogP contribution in [0.15, 0.2) is 0 Å². The Morgan fingerprint density at radius 2 is 1.53 bits per heavy atom. The predicted octanol–water partition coefficient (Wildman–Crippen LogP) is 3.27. The highest BCUT2D eigenvalue weighted by atomic mass is 32.3. The van der Waals surface area contributed by atoms with Gasteiger partial charge in [0.05, 0.1) is 0 Å². The van der Waals surface area contributed by atoms with E-state index in [9.17, 15) is 8.42 Å². The quantitative estimate of drug-likeness (QED) is 0.377. The Balaban J connectivity index is 3.32. The molecule has 92 valence electrons. The summed E-state index contributed by atoms with van der Waals surface area (Å²) >= 11 is 3.83. The van der Waals surface area contributed by atoms with Gasteiger partial charge in [-0.1, -0.05) is 51.9 Å². The largest absolute Gasteiger partial charge is 0.285 e. The van der Waals surface area contributed by atoms with Gasteiger partial charge in [0.15, 0.2) is 0 Å². The average Bonchev–Trinajstić information content (AvgIpc) is 2.14. The van der Waals surface area contributed by atoms with Gasteiger partial charge in [-0.3, -0.25) is 4.55 Å². The highest BCUT2D eigenvalue weighted by Crippen LogP contribution is 2.15. The van der Waals surface area contributed by atoms with Crippen molar-refractivity contribution in [3.05, 3.63) is 0 Å². The maximum atomic E-state index is 10.6. The van der Waals surface area contributed by atoms with E-state index in [-0.39, 0.29) is 0 Å². The zero-order valence-corrected chi connectivity index (χ0v) is 11.1. The molecule has 0 aromatic carbocycles. The molecule has 3 nitrogen and oxygen atoms in total. The summed E-state index contributed by atoms with van der Waals surface area (Å²) in [6.45, 7) is 2.18. The predicted molar refractivity (Wildman–Crippen MR) is 66.9 cm³/mol. The zero-order valence-electron chi connectivity index (χ0n) is 9.35. The molecule has 1 N–H and O–H groups in total. The summed E-state index contributed by atoms with van der Waals surface area (Å²) in [5.41, 5.74) is 0. The molecule has 0 aliphatic heterocycles. The van der Waals surface area contributed by atoms with Crippen LogP contribution in [0.25, 0.3) is 0 Å². The van der Waals surface area contributed by atoms with Crippen LogP contribution < -0.4 is 0 Å². The van der Waals surface area contributed by atoms with E-state index >= 15 is 0 Å². The van der Waals surface area contributed by atoms with E-state index in [0.29, 0.717) is 6.42 Å². The van der Waals surface area contributed by atoms with Gasteiger partial charge in [-0.15, -0.1) is 0 Å². The Kier molecular flexibility index (Phi) is 8.56. The molecule has 15 heavy (non-hydrogen) atoms. The lowest BCUT2D eigenvalue weighted by atomic mass is 10.1. The molecule has 0 heterocycles. The van der Waals surface area contributed by atoms with Gasteiger partial charge in [-0.05, 0) is 6.42 Å². The fourth-order valence-electron chi connectivity index (χ4n) is 1.42. The highest BCUT2D eigenvalue weighted by molar-refractivity contribution is 8.01. The van der Waals surface area contributed by atoms with Gasteiger partial charge in [0.2, 0.25) is 0 Å². The topological polar surface area (TPSA) is 54.4 Å². The second kappa shape index (κ2) is 8.42. The van der Waals surface area contributed by atoms with Gasteiger partial charge in [-0.25, -0.2) is 0 Å². The Labute approximate surface area is 98.8 Å². The summed E-state index contributed by atoms with van der Waals surface area (Å²) in [6, 6.07) is 0. The Morgan fingerprint density at radius 3 is 2.00 bits per heavy atom. The fourth-order valence-corrected chi connectivity index (χ4v) is 2.07. The van der Waals surface area contributed by atoms with E-state index < -0.39 is 14.7 Å². The number of hydrogen-bond acceptors (Lipinski definition) is 3. The summed E-state index contributed by atoms with van der Waals surface area (Å²) in [5, 5.41) is 0. The Hall–Kier alpha value is 0.260. The van der Waals surface area contributed by atoms with Crippen LogP contribution in [-0.4, -0.2) is 17.6 Å². The summed E-state index contributed by atoms with van der Waals surface area (Å²) in [4.78, 5) is 0. The molecule has 0 radical (unpaired) electrons. The van der Waals surface area contributed by atoms with Crippen molar-refractivity contribution in [3.8, 4) is 0 Å². The van der Waals surface area contributed by atoms with Crippen molar-refractivity contribution in [2.24, 2.45) is 0 Å². The van der Waals surface area contributed by atoms with Crippen LogP contribution in [0.5, 0.6) is 0 Å². The highest BCUT2D eigenvalue weighted by Gasteiger charge is 2.16. The van der Waals surface area contributed by atoms with Crippen LogP contribution in [0.3, 0.4) is 0 Å². The monoisotopic (exact) mass is 254 g/mol. The minimum Gasteiger partial charge on any atom is -0.285 e. The smallest absolute Gasteiger partial charge is 0.276 e. The molecule has 0 aromatic rings. The molecule has 0 aliphatic rings. The molecule has 0 spiro atoms. The molecule has 0 rings (SSSR count). The van der Waals surface area contributed by atoms with Gasteiger partial charge in [0, 0.05) is 0 Å². The fraction of sp³-hybridized carbons (Fsp3) is 1.00. The first-order chi connectivity index (χ1) is 6.98. The molecule has 0 aromatic heterocycles.